The molecular formula is C34H38ClF2N3O4S. The third kappa shape index (κ3) is 7.04. The molecule has 1 amide bonds. The Hall–Kier alpha value is -3.05. The highest BCUT2D eigenvalue weighted by Gasteiger charge is 2.52. The van der Waals surface area contributed by atoms with Crippen molar-refractivity contribution in [2.24, 2.45) is 11.8 Å². The van der Waals surface area contributed by atoms with Crippen LogP contribution in [0.25, 0.3) is 11.1 Å². The highest BCUT2D eigenvalue weighted by atomic mass is 35.5. The molecule has 1 aliphatic carbocycles. The zero-order valence-corrected chi connectivity index (χ0v) is 26.5. The SMILES string of the molecule is O=C(C(NS(=O)(=O)c1ccc(OCC2CCCCC2)cc1)C(F)(F)c1ccc(-c2ccc(Cl)cc2)cc1)N1CC[C@@H]2CNC[C@@H]21. The summed E-state index contributed by atoms with van der Waals surface area (Å²) in [5.41, 5.74) is 0.999. The summed E-state index contributed by atoms with van der Waals surface area (Å²) in [5, 5.41) is 3.77. The molecule has 1 unspecified atom stereocenters. The van der Waals surface area contributed by atoms with Crippen LogP contribution in [0, 0.1) is 11.8 Å². The Bertz CT molecular complexity index is 1580. The Balaban J connectivity index is 1.24. The Kier molecular flexibility index (Phi) is 9.47. The van der Waals surface area contributed by atoms with Crippen LogP contribution >= 0.6 is 11.6 Å². The highest BCUT2D eigenvalue weighted by molar-refractivity contribution is 7.89. The maximum absolute atomic E-state index is 16.4. The highest BCUT2D eigenvalue weighted by Crippen LogP contribution is 2.37. The Morgan fingerprint density at radius 1 is 0.933 bits per heavy atom. The largest absolute Gasteiger partial charge is 0.493 e. The number of nitrogens with one attached hydrogen (secondary N) is 2. The molecule has 2 N–H and O–H groups in total. The minimum atomic E-state index is -4.52. The lowest BCUT2D eigenvalue weighted by Gasteiger charge is -2.33. The van der Waals surface area contributed by atoms with E-state index in [0.29, 0.717) is 54.9 Å². The molecule has 0 aromatic heterocycles. The molecule has 11 heteroatoms. The quantitative estimate of drug-likeness (QED) is 0.270. The number of amides is 1. The first-order valence-electron chi connectivity index (χ1n) is 15.6. The molecule has 2 saturated heterocycles. The Morgan fingerprint density at radius 2 is 1.58 bits per heavy atom. The van der Waals surface area contributed by atoms with Gasteiger partial charge in [-0.2, -0.15) is 13.5 Å². The molecule has 3 fully saturated rings. The van der Waals surface area contributed by atoms with Crippen molar-refractivity contribution in [2.45, 2.75) is 61.4 Å². The molecule has 3 aliphatic rings. The second-order valence-electron chi connectivity index (χ2n) is 12.4. The van der Waals surface area contributed by atoms with Crippen molar-refractivity contribution in [1.29, 1.82) is 0 Å². The van der Waals surface area contributed by atoms with Crippen molar-refractivity contribution in [3.63, 3.8) is 0 Å². The number of halogens is 3. The van der Waals surface area contributed by atoms with E-state index in [0.717, 1.165) is 18.4 Å². The van der Waals surface area contributed by atoms with Gasteiger partial charge in [0.25, 0.3) is 5.92 Å². The van der Waals surface area contributed by atoms with Gasteiger partial charge in [0, 0.05) is 36.3 Å². The van der Waals surface area contributed by atoms with E-state index in [2.05, 4.69) is 10.0 Å². The first-order chi connectivity index (χ1) is 21.6. The van der Waals surface area contributed by atoms with E-state index in [1.165, 1.54) is 72.7 Å². The van der Waals surface area contributed by atoms with Crippen LogP contribution in [-0.2, 0) is 20.7 Å². The summed E-state index contributed by atoms with van der Waals surface area (Å²) in [6, 6.07) is 15.6. The van der Waals surface area contributed by atoms with E-state index in [1.54, 1.807) is 24.3 Å². The lowest BCUT2D eigenvalue weighted by molar-refractivity contribution is -0.145. The summed E-state index contributed by atoms with van der Waals surface area (Å²) in [4.78, 5) is 15.1. The molecule has 3 atom stereocenters. The second kappa shape index (κ2) is 13.4. The summed E-state index contributed by atoms with van der Waals surface area (Å²) in [5.74, 6) is -3.65. The van der Waals surface area contributed by atoms with Crippen LogP contribution in [0.4, 0.5) is 8.78 Å². The molecular weight excluding hydrogens is 620 g/mol. The summed E-state index contributed by atoms with van der Waals surface area (Å²) >= 11 is 5.98. The fourth-order valence-corrected chi connectivity index (χ4v) is 8.08. The number of carbonyl (C=O) groups excluding carboxylic acids is 1. The number of rotatable bonds is 10. The number of ether oxygens (including phenoxy) is 1. The molecule has 2 heterocycles. The number of likely N-dealkylation sites (tertiary alicyclic amines) is 1. The van der Waals surface area contributed by atoms with Crippen LogP contribution in [0.2, 0.25) is 5.02 Å². The molecule has 2 aliphatic heterocycles. The van der Waals surface area contributed by atoms with Gasteiger partial charge in [-0.05, 0) is 78.6 Å². The van der Waals surface area contributed by atoms with Crippen LogP contribution in [0.15, 0.2) is 77.7 Å². The first-order valence-corrected chi connectivity index (χ1v) is 17.5. The molecule has 3 aromatic rings. The fraction of sp³-hybridized carbons (Fsp3) is 0.441. The van der Waals surface area contributed by atoms with Crippen LogP contribution < -0.4 is 14.8 Å². The van der Waals surface area contributed by atoms with Crippen molar-refractivity contribution >= 4 is 27.5 Å². The summed E-state index contributed by atoms with van der Waals surface area (Å²) in [7, 11) is -4.52. The maximum atomic E-state index is 16.4. The van der Waals surface area contributed by atoms with Crippen LogP contribution in [0.1, 0.15) is 44.1 Å². The van der Waals surface area contributed by atoms with E-state index >= 15 is 8.78 Å². The zero-order chi connectivity index (χ0) is 31.6. The Labute approximate surface area is 268 Å². The molecule has 7 nitrogen and oxygen atoms in total. The lowest BCUT2D eigenvalue weighted by atomic mass is 9.90. The van der Waals surface area contributed by atoms with Crippen LogP contribution in [-0.4, -0.2) is 57.5 Å². The summed E-state index contributed by atoms with van der Waals surface area (Å²) in [6.45, 7) is 2.03. The third-order valence-corrected chi connectivity index (χ3v) is 11.1. The van der Waals surface area contributed by atoms with Gasteiger partial charge in [-0.25, -0.2) is 8.42 Å². The topological polar surface area (TPSA) is 87.7 Å². The summed E-state index contributed by atoms with van der Waals surface area (Å²) < 4.78 is 68.0. The van der Waals surface area contributed by atoms with Crippen molar-refractivity contribution in [2.75, 3.05) is 26.2 Å². The maximum Gasteiger partial charge on any atom is 0.298 e. The minimum absolute atomic E-state index is 0.152. The van der Waals surface area contributed by atoms with Gasteiger partial charge >= 0.3 is 0 Å². The number of carbonyl (C=O) groups is 1. The number of nitrogens with zero attached hydrogens (tertiary/aromatic N) is 1. The van der Waals surface area contributed by atoms with E-state index in [9.17, 15) is 13.2 Å². The molecule has 6 rings (SSSR count). The van der Waals surface area contributed by atoms with Gasteiger partial charge in [-0.15, -0.1) is 0 Å². The van der Waals surface area contributed by atoms with Crippen LogP contribution in [0.5, 0.6) is 5.75 Å². The minimum Gasteiger partial charge on any atom is -0.493 e. The molecule has 45 heavy (non-hydrogen) atoms. The third-order valence-electron chi connectivity index (χ3n) is 9.40. The van der Waals surface area contributed by atoms with E-state index in [4.69, 9.17) is 16.3 Å². The molecule has 240 valence electrons. The van der Waals surface area contributed by atoms with Crippen molar-refractivity contribution in [1.82, 2.24) is 14.9 Å². The predicted molar refractivity (Wildman–Crippen MR) is 170 cm³/mol. The van der Waals surface area contributed by atoms with Gasteiger partial charge in [0.15, 0.2) is 6.04 Å². The fourth-order valence-electron chi connectivity index (χ4n) is 6.77. The van der Waals surface area contributed by atoms with E-state index in [-0.39, 0.29) is 16.9 Å². The van der Waals surface area contributed by atoms with Crippen LogP contribution in [0.3, 0.4) is 0 Å². The zero-order valence-electron chi connectivity index (χ0n) is 24.9. The normalized spacial score (nSPS) is 21.4. The molecule has 0 spiro atoms. The molecule has 0 radical (unpaired) electrons. The van der Waals surface area contributed by atoms with Crippen molar-refractivity contribution in [3.05, 3.63) is 83.4 Å². The molecule has 3 aromatic carbocycles. The van der Waals surface area contributed by atoms with Gasteiger partial charge in [-0.1, -0.05) is 67.3 Å². The van der Waals surface area contributed by atoms with Gasteiger partial charge in [0.2, 0.25) is 15.9 Å². The number of alkyl halides is 2. The average Bonchev–Trinajstić information content (AvgIpc) is 3.68. The van der Waals surface area contributed by atoms with Gasteiger partial charge in [0.05, 0.1) is 11.5 Å². The average molecular weight is 658 g/mol. The van der Waals surface area contributed by atoms with Gasteiger partial charge in [-0.3, -0.25) is 4.79 Å². The predicted octanol–water partition coefficient (Wildman–Crippen LogP) is 6.23. The number of fused-ring (bicyclic) bond motifs is 1. The number of sulfonamides is 1. The number of hydrogen-bond acceptors (Lipinski definition) is 5. The lowest BCUT2D eigenvalue weighted by Crippen LogP contribution is -2.57. The van der Waals surface area contributed by atoms with E-state index < -0.39 is 33.5 Å². The number of benzene rings is 3. The number of hydrogen-bond donors (Lipinski definition) is 2. The monoisotopic (exact) mass is 657 g/mol. The van der Waals surface area contributed by atoms with Gasteiger partial charge in [0.1, 0.15) is 5.75 Å². The first kappa shape index (κ1) is 31.9. The van der Waals surface area contributed by atoms with Crippen molar-refractivity contribution in [3.8, 4) is 16.9 Å². The molecule has 0 bridgehead atoms. The second-order valence-corrected chi connectivity index (χ2v) is 14.5. The molecule has 1 saturated carbocycles. The summed E-state index contributed by atoms with van der Waals surface area (Å²) in [6.07, 6.45) is 6.50. The standard InChI is InChI=1S/C34H38ClF2N3O4S/c35-28-12-8-25(9-13-28)24-6-10-27(11-7-24)34(36,37)32(33(41)40-19-18-26-20-38-21-31(26)40)39-45(42,43)30-16-14-29(15-17-30)44-22-23-4-2-1-3-5-23/h6-17,23,26,31-32,38-39H,1-5,18-22H2/t26-,31+,32?/m1/s1. The van der Waals surface area contributed by atoms with E-state index in [1.807, 2.05) is 0 Å². The Morgan fingerprint density at radius 3 is 2.24 bits per heavy atom. The van der Waals surface area contributed by atoms with Crippen molar-refractivity contribution < 1.29 is 26.7 Å². The smallest absolute Gasteiger partial charge is 0.298 e. The van der Waals surface area contributed by atoms with Gasteiger partial charge < -0.3 is 15.0 Å².